The van der Waals surface area contributed by atoms with Crippen LogP contribution in [-0.2, 0) is 14.4 Å². The molecule has 0 aromatic heterocycles. The Hall–Kier alpha value is -1.85. The molecule has 0 unspecified atom stereocenters. The molecular formula is C11H18O6. The lowest BCUT2D eigenvalue weighted by Gasteiger charge is -1.96. The summed E-state index contributed by atoms with van der Waals surface area (Å²) in [6, 6.07) is 0. The van der Waals surface area contributed by atoms with Gasteiger partial charge in [-0.1, -0.05) is 19.4 Å². The molecule has 0 radical (unpaired) electrons. The second-order valence-electron chi connectivity index (χ2n) is 3.24. The monoisotopic (exact) mass is 246 g/mol. The molecule has 6 nitrogen and oxygen atoms in total. The molecule has 0 saturated carbocycles. The van der Waals surface area contributed by atoms with Gasteiger partial charge in [0.1, 0.15) is 0 Å². The predicted molar refractivity (Wildman–Crippen MR) is 60.8 cm³/mol. The minimum atomic E-state index is -0.981. The highest BCUT2D eigenvalue weighted by Crippen LogP contribution is 2.04. The number of aliphatic carboxylic acids is 3. The fourth-order valence-electron chi connectivity index (χ4n) is 0.906. The van der Waals surface area contributed by atoms with Crippen LogP contribution in [0.3, 0.4) is 0 Å². The Kier molecular flexibility index (Phi) is 12.6. The first-order valence-electron chi connectivity index (χ1n) is 5.19. The Morgan fingerprint density at radius 2 is 1.12 bits per heavy atom. The summed E-state index contributed by atoms with van der Waals surface area (Å²) in [5.41, 5.74) is 0. The Balaban J connectivity index is 0. The number of hydrogen-bond donors (Lipinski definition) is 3. The summed E-state index contributed by atoms with van der Waals surface area (Å²) in [4.78, 5) is 29.3. The van der Waals surface area contributed by atoms with Gasteiger partial charge in [0.25, 0.3) is 0 Å². The van der Waals surface area contributed by atoms with E-state index < -0.39 is 17.9 Å². The van der Waals surface area contributed by atoms with Gasteiger partial charge in [-0.25, -0.2) is 4.79 Å². The first-order chi connectivity index (χ1) is 7.90. The van der Waals surface area contributed by atoms with Crippen molar-refractivity contribution in [2.45, 2.75) is 38.5 Å². The van der Waals surface area contributed by atoms with Crippen molar-refractivity contribution in [1.82, 2.24) is 0 Å². The van der Waals surface area contributed by atoms with Crippen molar-refractivity contribution >= 4 is 17.9 Å². The normalized spacial score (nSPS) is 8.71. The third kappa shape index (κ3) is 24.9. The molecule has 17 heavy (non-hydrogen) atoms. The molecule has 0 heterocycles. The zero-order valence-corrected chi connectivity index (χ0v) is 9.59. The minimum Gasteiger partial charge on any atom is -0.481 e. The van der Waals surface area contributed by atoms with E-state index in [0.717, 1.165) is 18.9 Å². The van der Waals surface area contributed by atoms with E-state index in [2.05, 4.69) is 6.58 Å². The van der Waals surface area contributed by atoms with Crippen LogP contribution in [0.4, 0.5) is 0 Å². The number of unbranched alkanes of at least 4 members (excludes halogenated alkanes) is 3. The third-order valence-electron chi connectivity index (χ3n) is 1.71. The number of rotatable bonds is 8. The largest absolute Gasteiger partial charge is 0.481 e. The van der Waals surface area contributed by atoms with Crippen LogP contribution in [0.2, 0.25) is 0 Å². The second-order valence-corrected chi connectivity index (χ2v) is 3.24. The van der Waals surface area contributed by atoms with E-state index in [1.807, 2.05) is 0 Å². The molecule has 0 aliphatic rings. The molecule has 98 valence electrons. The number of hydrogen-bond acceptors (Lipinski definition) is 3. The Bertz CT molecular complexity index is 241. The molecule has 3 N–H and O–H groups in total. The van der Waals surface area contributed by atoms with Crippen molar-refractivity contribution in [1.29, 1.82) is 0 Å². The van der Waals surface area contributed by atoms with Crippen molar-refractivity contribution < 1.29 is 29.7 Å². The number of carboxylic acids is 3. The lowest BCUT2D eigenvalue weighted by atomic mass is 10.1. The summed E-state index contributed by atoms with van der Waals surface area (Å²) in [5.74, 6) is -2.55. The van der Waals surface area contributed by atoms with Gasteiger partial charge in [-0.3, -0.25) is 9.59 Å². The molecule has 0 aliphatic heterocycles. The van der Waals surface area contributed by atoms with Crippen molar-refractivity contribution in [2.24, 2.45) is 0 Å². The minimum absolute atomic E-state index is 0.188. The van der Waals surface area contributed by atoms with Crippen molar-refractivity contribution in [2.75, 3.05) is 0 Å². The van der Waals surface area contributed by atoms with Crippen LogP contribution in [0.15, 0.2) is 12.7 Å². The van der Waals surface area contributed by atoms with E-state index in [1.165, 1.54) is 0 Å². The van der Waals surface area contributed by atoms with E-state index in [-0.39, 0.29) is 12.8 Å². The van der Waals surface area contributed by atoms with Crippen molar-refractivity contribution in [3.63, 3.8) is 0 Å². The maximum atomic E-state index is 10.0. The van der Waals surface area contributed by atoms with Crippen LogP contribution < -0.4 is 0 Å². The lowest BCUT2D eigenvalue weighted by Crippen LogP contribution is -1.95. The topological polar surface area (TPSA) is 112 Å². The summed E-state index contributed by atoms with van der Waals surface area (Å²) in [6.07, 6.45) is 4.11. The first-order valence-corrected chi connectivity index (χ1v) is 5.19. The molecule has 0 saturated heterocycles. The smallest absolute Gasteiger partial charge is 0.327 e. The van der Waals surface area contributed by atoms with Crippen molar-refractivity contribution in [3.05, 3.63) is 12.7 Å². The summed E-state index contributed by atoms with van der Waals surface area (Å²) < 4.78 is 0. The van der Waals surface area contributed by atoms with Crippen LogP contribution in [-0.4, -0.2) is 33.2 Å². The fourth-order valence-corrected chi connectivity index (χ4v) is 0.906. The molecule has 0 fully saturated rings. The van der Waals surface area contributed by atoms with Gasteiger partial charge in [-0.15, -0.1) is 0 Å². The average Bonchev–Trinajstić information content (AvgIpc) is 2.23. The average molecular weight is 246 g/mol. The van der Waals surface area contributed by atoms with Crippen LogP contribution in [0, 0.1) is 0 Å². The fraction of sp³-hybridized carbons (Fsp3) is 0.545. The van der Waals surface area contributed by atoms with Gasteiger partial charge >= 0.3 is 17.9 Å². The van der Waals surface area contributed by atoms with Gasteiger partial charge in [-0.2, -0.15) is 0 Å². The highest BCUT2D eigenvalue weighted by molar-refractivity contribution is 5.78. The zero-order valence-electron chi connectivity index (χ0n) is 9.59. The van der Waals surface area contributed by atoms with Gasteiger partial charge in [0.15, 0.2) is 0 Å². The Morgan fingerprint density at radius 1 is 0.824 bits per heavy atom. The summed E-state index contributed by atoms with van der Waals surface area (Å²) in [7, 11) is 0. The van der Waals surface area contributed by atoms with Gasteiger partial charge in [0.05, 0.1) is 0 Å². The molecule has 0 aromatic rings. The van der Waals surface area contributed by atoms with Crippen LogP contribution in [0.1, 0.15) is 38.5 Å². The van der Waals surface area contributed by atoms with E-state index in [4.69, 9.17) is 15.3 Å². The highest BCUT2D eigenvalue weighted by atomic mass is 16.4. The van der Waals surface area contributed by atoms with Gasteiger partial charge in [-0.05, 0) is 12.8 Å². The first kappa shape index (κ1) is 17.5. The Morgan fingerprint density at radius 3 is 1.29 bits per heavy atom. The van der Waals surface area contributed by atoms with E-state index in [9.17, 15) is 14.4 Å². The second kappa shape index (κ2) is 12.2. The highest BCUT2D eigenvalue weighted by Gasteiger charge is 1.98. The standard InChI is InChI=1S/C8H14O4.C3H4O2/c9-7(10)5-3-1-2-4-6-8(11)12;1-2-3(4)5/h1-6H2,(H,9,10)(H,11,12);2H,1H2,(H,4,5). The third-order valence-corrected chi connectivity index (χ3v) is 1.71. The summed E-state index contributed by atoms with van der Waals surface area (Å²) in [6.45, 7) is 2.96. The van der Waals surface area contributed by atoms with Crippen LogP contribution in [0.25, 0.3) is 0 Å². The van der Waals surface area contributed by atoms with Crippen LogP contribution >= 0.6 is 0 Å². The molecule has 0 atom stereocenters. The Labute approximate surface area is 99.6 Å². The van der Waals surface area contributed by atoms with Gasteiger partial charge < -0.3 is 15.3 Å². The lowest BCUT2D eigenvalue weighted by molar-refractivity contribution is -0.138. The van der Waals surface area contributed by atoms with E-state index >= 15 is 0 Å². The molecule has 0 bridgehead atoms. The number of carboxylic acid groups (broad SMARTS) is 3. The molecule has 0 rings (SSSR count). The molecule has 0 amide bonds. The molecular weight excluding hydrogens is 228 g/mol. The maximum absolute atomic E-state index is 10.0. The molecule has 0 aliphatic carbocycles. The molecule has 0 spiro atoms. The quantitative estimate of drug-likeness (QED) is 0.444. The summed E-state index contributed by atoms with van der Waals surface area (Å²) >= 11 is 0. The summed E-state index contributed by atoms with van der Waals surface area (Å²) in [5, 5.41) is 24.1. The van der Waals surface area contributed by atoms with E-state index in [0.29, 0.717) is 12.8 Å². The molecule has 0 aromatic carbocycles. The van der Waals surface area contributed by atoms with Gasteiger partial charge in [0.2, 0.25) is 0 Å². The maximum Gasteiger partial charge on any atom is 0.327 e. The van der Waals surface area contributed by atoms with Crippen molar-refractivity contribution in [3.8, 4) is 0 Å². The number of carbonyl (C=O) groups is 3. The predicted octanol–water partition coefficient (Wildman–Crippen LogP) is 1.75. The van der Waals surface area contributed by atoms with E-state index in [1.54, 1.807) is 0 Å². The SMILES string of the molecule is C=CC(=O)O.O=C(O)CCCCCCC(=O)O. The molecule has 6 heteroatoms. The van der Waals surface area contributed by atoms with Crippen LogP contribution in [0.5, 0.6) is 0 Å². The van der Waals surface area contributed by atoms with Gasteiger partial charge in [0, 0.05) is 18.9 Å². The zero-order chi connectivity index (χ0) is 13.7.